The summed E-state index contributed by atoms with van der Waals surface area (Å²) in [5.74, 6) is 0.998. The number of nitrogens with zero attached hydrogens (tertiary/aromatic N) is 3. The van der Waals surface area contributed by atoms with Gasteiger partial charge in [0.1, 0.15) is 5.75 Å². The molecule has 5 nitrogen and oxygen atoms in total. The summed E-state index contributed by atoms with van der Waals surface area (Å²) in [6, 6.07) is 13.5. The van der Waals surface area contributed by atoms with Crippen LogP contribution in [0.25, 0.3) is 26.6 Å². The lowest BCUT2D eigenvalue weighted by molar-refractivity contribution is 0.104. The lowest BCUT2D eigenvalue weighted by Gasteiger charge is -2.04. The highest BCUT2D eigenvalue weighted by Gasteiger charge is 2.36. The Balaban J connectivity index is 1.79. The van der Waals surface area contributed by atoms with Gasteiger partial charge in [-0.05, 0) is 24.1 Å². The molecule has 0 atom stereocenters. The zero-order chi connectivity index (χ0) is 18.7. The van der Waals surface area contributed by atoms with Gasteiger partial charge in [0.25, 0.3) is 0 Å². The topological polar surface area (TPSA) is 57.0 Å². The number of carbonyl (C=O) groups is 1. The van der Waals surface area contributed by atoms with Crippen molar-refractivity contribution in [2.24, 2.45) is 0 Å². The summed E-state index contributed by atoms with van der Waals surface area (Å²) < 4.78 is 8.18. The Labute approximate surface area is 160 Å². The van der Waals surface area contributed by atoms with Gasteiger partial charge in [-0.25, -0.2) is 9.67 Å². The Hall–Kier alpha value is -2.99. The van der Waals surface area contributed by atoms with E-state index >= 15 is 0 Å². The van der Waals surface area contributed by atoms with E-state index in [1.165, 1.54) is 0 Å². The van der Waals surface area contributed by atoms with Gasteiger partial charge >= 0.3 is 0 Å². The molecule has 0 spiro atoms. The Morgan fingerprint density at radius 3 is 2.63 bits per heavy atom. The third kappa shape index (κ3) is 2.26. The van der Waals surface area contributed by atoms with E-state index in [-0.39, 0.29) is 11.7 Å². The summed E-state index contributed by atoms with van der Waals surface area (Å²) in [5.41, 5.74) is 4.94. The third-order valence-electron chi connectivity index (χ3n) is 4.88. The molecule has 0 N–H and O–H groups in total. The number of ketones is 1. The van der Waals surface area contributed by atoms with Crippen molar-refractivity contribution in [3.63, 3.8) is 0 Å². The van der Waals surface area contributed by atoms with E-state index in [2.05, 4.69) is 13.8 Å². The molecule has 0 aliphatic heterocycles. The second-order valence-corrected chi connectivity index (χ2v) is 7.89. The minimum Gasteiger partial charge on any atom is -0.497 e. The van der Waals surface area contributed by atoms with Crippen LogP contribution < -0.4 is 4.74 Å². The highest BCUT2D eigenvalue weighted by molar-refractivity contribution is 7.20. The molecular formula is C21H17N3O2S. The third-order valence-corrected chi connectivity index (χ3v) is 5.87. The number of fused-ring (bicyclic) bond motifs is 4. The lowest BCUT2D eigenvalue weighted by atomic mass is 10.0. The minimum absolute atomic E-state index is 0.0540. The molecule has 6 heteroatoms. The van der Waals surface area contributed by atoms with Crippen molar-refractivity contribution >= 4 is 27.3 Å². The van der Waals surface area contributed by atoms with Crippen LogP contribution in [0.4, 0.5) is 0 Å². The standard InChI is InChI=1S/C21H17N3O2S/c1-11(2)18-17-19(13-6-4-5-7-14(13)20(17)25)24(23-18)21-22-15-9-8-12(26-3)10-16(15)27-21/h4-11H,1-3H3. The van der Waals surface area contributed by atoms with Crippen LogP contribution in [0, 0.1) is 0 Å². The molecule has 0 bridgehead atoms. The van der Waals surface area contributed by atoms with E-state index in [1.807, 2.05) is 47.1 Å². The molecule has 4 aromatic rings. The summed E-state index contributed by atoms with van der Waals surface area (Å²) in [6.07, 6.45) is 0. The van der Waals surface area contributed by atoms with E-state index < -0.39 is 0 Å². The number of carbonyl (C=O) groups excluding carboxylic acids is 1. The van der Waals surface area contributed by atoms with Crippen LogP contribution in [0.3, 0.4) is 0 Å². The van der Waals surface area contributed by atoms with Crippen LogP contribution in [-0.2, 0) is 0 Å². The number of aromatic nitrogens is 3. The molecule has 0 amide bonds. The molecule has 134 valence electrons. The maximum Gasteiger partial charge on any atom is 0.212 e. The van der Waals surface area contributed by atoms with Crippen molar-refractivity contribution in [3.05, 3.63) is 59.3 Å². The van der Waals surface area contributed by atoms with Crippen LogP contribution in [0.5, 0.6) is 5.75 Å². The van der Waals surface area contributed by atoms with E-state index in [0.29, 0.717) is 5.56 Å². The summed E-state index contributed by atoms with van der Waals surface area (Å²) in [4.78, 5) is 17.8. The molecule has 1 aliphatic carbocycles. The van der Waals surface area contributed by atoms with Crippen molar-refractivity contribution in [1.82, 2.24) is 14.8 Å². The fraction of sp³-hybridized carbons (Fsp3) is 0.190. The molecule has 0 unspecified atom stereocenters. The first-order valence-corrected chi connectivity index (χ1v) is 9.62. The smallest absolute Gasteiger partial charge is 0.212 e. The zero-order valence-corrected chi connectivity index (χ0v) is 16.0. The Kier molecular flexibility index (Phi) is 3.45. The number of thiazole rings is 1. The van der Waals surface area contributed by atoms with Gasteiger partial charge in [0, 0.05) is 11.1 Å². The Morgan fingerprint density at radius 2 is 1.89 bits per heavy atom. The first-order valence-electron chi connectivity index (χ1n) is 8.80. The molecule has 0 radical (unpaired) electrons. The molecule has 2 aromatic heterocycles. The molecule has 1 aliphatic rings. The zero-order valence-electron chi connectivity index (χ0n) is 15.2. The van der Waals surface area contributed by atoms with Crippen molar-refractivity contribution in [3.8, 4) is 22.1 Å². The second kappa shape index (κ2) is 5.76. The van der Waals surface area contributed by atoms with E-state index in [0.717, 1.165) is 43.6 Å². The predicted octanol–water partition coefficient (Wildman–Crippen LogP) is 4.83. The van der Waals surface area contributed by atoms with Crippen molar-refractivity contribution in [1.29, 1.82) is 0 Å². The number of methoxy groups -OCH3 is 1. The Morgan fingerprint density at radius 1 is 1.11 bits per heavy atom. The van der Waals surface area contributed by atoms with Gasteiger partial charge in [0.05, 0.1) is 34.3 Å². The maximum absolute atomic E-state index is 13.0. The van der Waals surface area contributed by atoms with E-state index in [1.54, 1.807) is 18.4 Å². The summed E-state index contributed by atoms with van der Waals surface area (Å²) in [5, 5.41) is 5.56. The monoisotopic (exact) mass is 375 g/mol. The Bertz CT molecular complexity index is 1220. The van der Waals surface area contributed by atoms with Gasteiger partial charge in [0.15, 0.2) is 5.78 Å². The van der Waals surface area contributed by atoms with Gasteiger partial charge in [-0.15, -0.1) is 0 Å². The fourth-order valence-corrected chi connectivity index (χ4v) is 4.54. The summed E-state index contributed by atoms with van der Waals surface area (Å²) in [7, 11) is 1.65. The molecule has 0 saturated heterocycles. The normalized spacial score (nSPS) is 12.7. The number of hydrogen-bond donors (Lipinski definition) is 0. The van der Waals surface area contributed by atoms with Gasteiger partial charge in [-0.1, -0.05) is 49.4 Å². The van der Waals surface area contributed by atoms with Crippen LogP contribution in [0.15, 0.2) is 42.5 Å². The predicted molar refractivity (Wildman–Crippen MR) is 106 cm³/mol. The highest BCUT2D eigenvalue weighted by atomic mass is 32.1. The highest BCUT2D eigenvalue weighted by Crippen LogP contribution is 2.42. The molecular weight excluding hydrogens is 358 g/mol. The maximum atomic E-state index is 13.0. The van der Waals surface area contributed by atoms with Crippen molar-refractivity contribution in [2.75, 3.05) is 7.11 Å². The summed E-state index contributed by atoms with van der Waals surface area (Å²) >= 11 is 1.54. The van der Waals surface area contributed by atoms with Crippen molar-refractivity contribution in [2.45, 2.75) is 19.8 Å². The quantitative estimate of drug-likeness (QED) is 0.453. The minimum atomic E-state index is 0.0540. The number of hydrogen-bond acceptors (Lipinski definition) is 5. The molecule has 2 aromatic carbocycles. The molecule has 0 saturated carbocycles. The number of benzene rings is 2. The first kappa shape index (κ1) is 16.2. The molecule has 2 heterocycles. The van der Waals surface area contributed by atoms with E-state index in [4.69, 9.17) is 14.8 Å². The molecule has 5 rings (SSSR count). The first-order chi connectivity index (χ1) is 13.1. The van der Waals surface area contributed by atoms with Crippen LogP contribution in [0.2, 0.25) is 0 Å². The summed E-state index contributed by atoms with van der Waals surface area (Å²) in [6.45, 7) is 4.12. The molecule has 27 heavy (non-hydrogen) atoms. The number of ether oxygens (including phenoxy) is 1. The average molecular weight is 375 g/mol. The van der Waals surface area contributed by atoms with E-state index in [9.17, 15) is 4.79 Å². The second-order valence-electron chi connectivity index (χ2n) is 6.88. The molecule has 0 fully saturated rings. The number of rotatable bonds is 3. The van der Waals surface area contributed by atoms with Gasteiger partial charge in [-0.2, -0.15) is 5.10 Å². The largest absolute Gasteiger partial charge is 0.497 e. The average Bonchev–Trinajstić information content (AvgIpc) is 3.34. The van der Waals surface area contributed by atoms with Gasteiger partial charge in [-0.3, -0.25) is 4.79 Å². The van der Waals surface area contributed by atoms with Crippen LogP contribution >= 0.6 is 11.3 Å². The lowest BCUT2D eigenvalue weighted by Crippen LogP contribution is -2.03. The fourth-order valence-electron chi connectivity index (χ4n) is 3.58. The van der Waals surface area contributed by atoms with Crippen LogP contribution in [0.1, 0.15) is 41.4 Å². The van der Waals surface area contributed by atoms with Crippen molar-refractivity contribution < 1.29 is 9.53 Å². The SMILES string of the molecule is COc1ccc2nc(-n3nc(C(C)C)c4c3-c3ccccc3C4=O)sc2c1. The van der Waals surface area contributed by atoms with Gasteiger partial charge < -0.3 is 4.74 Å². The van der Waals surface area contributed by atoms with Crippen LogP contribution in [-0.4, -0.2) is 27.7 Å². The van der Waals surface area contributed by atoms with Gasteiger partial charge in [0.2, 0.25) is 5.13 Å².